The van der Waals surface area contributed by atoms with Crippen molar-refractivity contribution in [3.05, 3.63) is 0 Å². The van der Waals surface area contributed by atoms with Crippen molar-refractivity contribution in [2.24, 2.45) is 0 Å². The van der Waals surface area contributed by atoms with Crippen LogP contribution < -0.4 is 0 Å². The quantitative estimate of drug-likeness (QED) is 0.0596. The van der Waals surface area contributed by atoms with E-state index in [9.17, 15) is 9.59 Å². The van der Waals surface area contributed by atoms with Crippen LogP contribution in [0.2, 0.25) is 0 Å². The van der Waals surface area contributed by atoms with Gasteiger partial charge in [-0.3, -0.25) is 0 Å². The first kappa shape index (κ1) is 48.5. The Kier molecular flexibility index (Phi) is 39.1. The molecule has 0 saturated carbocycles. The number of nitrogens with zero attached hydrogens (tertiary/aromatic N) is 2. The van der Waals surface area contributed by atoms with Crippen LogP contribution in [-0.2, 0) is 9.47 Å². The highest BCUT2D eigenvalue weighted by Gasteiger charge is 2.19. The SMILES string of the molecule is CCCCCCCCCCCCCCCCCCN(CCN(CCCCCCCCCCCCCCCCCC)C(=O)OCC)C(=O)OCC. The minimum Gasteiger partial charge on any atom is -0.450 e. The normalized spacial score (nSPS) is 11.2. The number of carbonyl (C=O) groups is 2. The van der Waals surface area contributed by atoms with Gasteiger partial charge in [-0.1, -0.05) is 206 Å². The van der Waals surface area contributed by atoms with Crippen LogP contribution in [0.5, 0.6) is 0 Å². The van der Waals surface area contributed by atoms with E-state index in [1.165, 1.54) is 180 Å². The molecule has 0 unspecified atom stereocenters. The summed E-state index contributed by atoms with van der Waals surface area (Å²) >= 11 is 0. The molecule has 0 spiro atoms. The largest absolute Gasteiger partial charge is 0.450 e. The van der Waals surface area contributed by atoms with E-state index in [1.54, 1.807) is 9.80 Å². The van der Waals surface area contributed by atoms with Crippen LogP contribution in [0.1, 0.15) is 233 Å². The molecule has 0 fully saturated rings. The molecule has 0 radical (unpaired) electrons. The predicted octanol–water partition coefficient (Wildman–Crippen LogP) is 14.4. The van der Waals surface area contributed by atoms with Crippen molar-refractivity contribution in [1.82, 2.24) is 9.80 Å². The van der Waals surface area contributed by atoms with Crippen LogP contribution >= 0.6 is 0 Å². The minimum atomic E-state index is -0.264. The summed E-state index contributed by atoms with van der Waals surface area (Å²) in [6.45, 7) is 11.4. The molecule has 0 aromatic heterocycles. The van der Waals surface area contributed by atoms with E-state index in [0.29, 0.717) is 39.4 Å². The van der Waals surface area contributed by atoms with Crippen molar-refractivity contribution < 1.29 is 19.1 Å². The molecule has 0 aromatic rings. The summed E-state index contributed by atoms with van der Waals surface area (Å²) in [5.41, 5.74) is 0. The van der Waals surface area contributed by atoms with E-state index >= 15 is 0 Å². The first-order valence-corrected chi connectivity index (χ1v) is 22.4. The Labute approximate surface area is 313 Å². The summed E-state index contributed by atoms with van der Waals surface area (Å²) in [6.07, 6.45) is 42.2. The molecule has 0 rings (SSSR count). The topological polar surface area (TPSA) is 59.1 Å². The van der Waals surface area contributed by atoms with Crippen molar-refractivity contribution in [3.8, 4) is 0 Å². The van der Waals surface area contributed by atoms with Gasteiger partial charge in [-0.25, -0.2) is 9.59 Å². The van der Waals surface area contributed by atoms with Crippen molar-refractivity contribution >= 4 is 12.2 Å². The molecule has 50 heavy (non-hydrogen) atoms. The zero-order chi connectivity index (χ0) is 36.6. The van der Waals surface area contributed by atoms with Crippen LogP contribution in [0.3, 0.4) is 0 Å². The molecular weight excluding hydrogens is 620 g/mol. The molecule has 0 atom stereocenters. The van der Waals surface area contributed by atoms with Gasteiger partial charge in [0, 0.05) is 26.2 Å². The third-order valence-corrected chi connectivity index (χ3v) is 10.3. The molecule has 0 saturated heterocycles. The summed E-state index contributed by atoms with van der Waals surface area (Å²) < 4.78 is 10.7. The van der Waals surface area contributed by atoms with Gasteiger partial charge in [-0.05, 0) is 26.7 Å². The standard InChI is InChI=1S/C44H88N2O4/c1-5-9-11-13-15-17-19-21-23-25-27-29-31-33-35-37-39-45(43(47)49-7-3)41-42-46(44(48)50-8-4)40-38-36-34-32-30-28-26-24-22-20-18-16-14-12-10-6-2/h5-42H2,1-4H3. The summed E-state index contributed by atoms with van der Waals surface area (Å²) in [6, 6.07) is 0. The molecule has 0 heterocycles. The maximum Gasteiger partial charge on any atom is 0.409 e. The highest BCUT2D eigenvalue weighted by Crippen LogP contribution is 2.16. The number of carbonyl (C=O) groups excluding carboxylic acids is 2. The number of amides is 2. The lowest BCUT2D eigenvalue weighted by Crippen LogP contribution is -2.42. The Morgan fingerprint density at radius 2 is 0.500 bits per heavy atom. The highest BCUT2D eigenvalue weighted by molar-refractivity contribution is 5.69. The van der Waals surface area contributed by atoms with Crippen LogP contribution in [0.4, 0.5) is 9.59 Å². The monoisotopic (exact) mass is 709 g/mol. The molecule has 0 aromatic carbocycles. The molecule has 0 N–H and O–H groups in total. The predicted molar refractivity (Wildman–Crippen MR) is 216 cm³/mol. The minimum absolute atomic E-state index is 0.264. The van der Waals surface area contributed by atoms with Gasteiger partial charge in [0.1, 0.15) is 0 Å². The van der Waals surface area contributed by atoms with Crippen molar-refractivity contribution in [1.29, 1.82) is 0 Å². The van der Waals surface area contributed by atoms with E-state index < -0.39 is 0 Å². The van der Waals surface area contributed by atoms with Crippen LogP contribution in [0, 0.1) is 0 Å². The molecule has 298 valence electrons. The maximum absolute atomic E-state index is 12.7. The van der Waals surface area contributed by atoms with E-state index in [2.05, 4.69) is 13.8 Å². The van der Waals surface area contributed by atoms with Gasteiger partial charge < -0.3 is 19.3 Å². The average Bonchev–Trinajstić information content (AvgIpc) is 3.11. The van der Waals surface area contributed by atoms with Crippen LogP contribution in [0.25, 0.3) is 0 Å². The fraction of sp³-hybridized carbons (Fsp3) is 0.955. The molecule has 6 heteroatoms. The van der Waals surface area contributed by atoms with Crippen molar-refractivity contribution in [2.75, 3.05) is 39.4 Å². The zero-order valence-electron chi connectivity index (χ0n) is 34.4. The Bertz CT molecular complexity index is 646. The van der Waals surface area contributed by atoms with Gasteiger partial charge in [0.15, 0.2) is 0 Å². The van der Waals surface area contributed by atoms with Crippen molar-refractivity contribution in [2.45, 2.75) is 233 Å². The molecule has 0 aliphatic carbocycles. The number of unbranched alkanes of at least 4 members (excludes halogenated alkanes) is 30. The van der Waals surface area contributed by atoms with Gasteiger partial charge in [0.05, 0.1) is 13.2 Å². The fourth-order valence-corrected chi connectivity index (χ4v) is 6.96. The summed E-state index contributed by atoms with van der Waals surface area (Å²) in [5, 5.41) is 0. The first-order valence-electron chi connectivity index (χ1n) is 22.4. The Balaban J connectivity index is 4.10. The second-order valence-electron chi connectivity index (χ2n) is 15.0. The Morgan fingerprint density at radius 3 is 0.700 bits per heavy atom. The lowest BCUT2D eigenvalue weighted by atomic mass is 10.0. The third kappa shape index (κ3) is 33.7. The van der Waals surface area contributed by atoms with E-state index in [-0.39, 0.29) is 12.2 Å². The number of hydrogen-bond acceptors (Lipinski definition) is 4. The zero-order valence-corrected chi connectivity index (χ0v) is 34.4. The number of ether oxygens (including phenoxy) is 2. The summed E-state index contributed by atoms with van der Waals surface area (Å²) in [5.74, 6) is 0. The molecule has 0 aliphatic heterocycles. The molecule has 2 amide bonds. The molecule has 6 nitrogen and oxygen atoms in total. The van der Waals surface area contributed by atoms with Gasteiger partial charge in [0.2, 0.25) is 0 Å². The average molecular weight is 709 g/mol. The van der Waals surface area contributed by atoms with Gasteiger partial charge in [-0.2, -0.15) is 0 Å². The molecule has 0 bridgehead atoms. The van der Waals surface area contributed by atoms with Gasteiger partial charge in [0.25, 0.3) is 0 Å². The second-order valence-corrected chi connectivity index (χ2v) is 15.0. The van der Waals surface area contributed by atoms with Gasteiger partial charge in [-0.15, -0.1) is 0 Å². The van der Waals surface area contributed by atoms with Gasteiger partial charge >= 0.3 is 12.2 Å². The summed E-state index contributed by atoms with van der Waals surface area (Å²) in [4.78, 5) is 29.1. The van der Waals surface area contributed by atoms with Crippen molar-refractivity contribution in [3.63, 3.8) is 0 Å². The third-order valence-electron chi connectivity index (χ3n) is 10.3. The maximum atomic E-state index is 12.7. The molecule has 0 aliphatic rings. The van der Waals surface area contributed by atoms with E-state index in [4.69, 9.17) is 9.47 Å². The number of hydrogen-bond donors (Lipinski definition) is 0. The van der Waals surface area contributed by atoms with Crippen LogP contribution in [-0.4, -0.2) is 61.4 Å². The van der Waals surface area contributed by atoms with E-state index in [1.807, 2.05) is 13.8 Å². The fourth-order valence-electron chi connectivity index (χ4n) is 6.96. The number of rotatable bonds is 39. The summed E-state index contributed by atoms with van der Waals surface area (Å²) in [7, 11) is 0. The lowest BCUT2D eigenvalue weighted by molar-refractivity contribution is 0.0872. The smallest absolute Gasteiger partial charge is 0.409 e. The van der Waals surface area contributed by atoms with E-state index in [0.717, 1.165) is 25.7 Å². The Morgan fingerprint density at radius 1 is 0.300 bits per heavy atom. The lowest BCUT2D eigenvalue weighted by Gasteiger charge is -2.27. The highest BCUT2D eigenvalue weighted by atomic mass is 16.6. The molecular formula is C44H88N2O4. The first-order chi connectivity index (χ1) is 24.6. The Hall–Kier alpha value is -1.46. The van der Waals surface area contributed by atoms with Crippen LogP contribution in [0.15, 0.2) is 0 Å². The second kappa shape index (κ2) is 40.3.